The SMILES string of the molecule is CCN=C(c1ccccc1)N1CCN(C(=O)C(=O)c2c[nH]c3c(-n4ccnn4)ncc(F)c23)CC1. The molecule has 10 nitrogen and oxygen atoms in total. The highest BCUT2D eigenvalue weighted by Crippen LogP contribution is 2.26. The highest BCUT2D eigenvalue weighted by Gasteiger charge is 2.31. The lowest BCUT2D eigenvalue weighted by Gasteiger charge is -2.36. The van der Waals surface area contributed by atoms with Gasteiger partial charge in [-0.15, -0.1) is 5.10 Å². The number of amidine groups is 1. The summed E-state index contributed by atoms with van der Waals surface area (Å²) in [5.41, 5.74) is 1.24. The van der Waals surface area contributed by atoms with Crippen LogP contribution in [0.4, 0.5) is 4.39 Å². The molecule has 178 valence electrons. The molecular formula is C24H23FN8O2. The Balaban J connectivity index is 1.35. The number of nitrogens with zero attached hydrogens (tertiary/aromatic N) is 7. The molecule has 1 amide bonds. The van der Waals surface area contributed by atoms with Crippen molar-refractivity contribution in [3.05, 3.63) is 72.1 Å². The molecule has 11 heteroatoms. The highest BCUT2D eigenvalue weighted by atomic mass is 19.1. The average molecular weight is 475 g/mol. The Morgan fingerprint density at radius 2 is 1.86 bits per heavy atom. The van der Waals surface area contributed by atoms with E-state index in [0.29, 0.717) is 32.7 Å². The van der Waals surface area contributed by atoms with Crippen LogP contribution < -0.4 is 0 Å². The molecule has 0 atom stereocenters. The number of rotatable bonds is 5. The minimum atomic E-state index is -0.773. The first kappa shape index (κ1) is 22.4. The molecule has 4 heterocycles. The number of ketones is 1. The lowest BCUT2D eigenvalue weighted by molar-refractivity contribution is -0.127. The van der Waals surface area contributed by atoms with E-state index in [9.17, 15) is 14.0 Å². The second-order valence-corrected chi connectivity index (χ2v) is 8.00. The predicted molar refractivity (Wildman–Crippen MR) is 127 cm³/mol. The molecule has 0 radical (unpaired) electrons. The van der Waals surface area contributed by atoms with Crippen LogP contribution in [0, 0.1) is 5.82 Å². The van der Waals surface area contributed by atoms with E-state index in [1.807, 2.05) is 37.3 Å². The van der Waals surface area contributed by atoms with E-state index in [1.54, 1.807) is 6.20 Å². The maximum absolute atomic E-state index is 14.7. The van der Waals surface area contributed by atoms with Gasteiger partial charge in [0.2, 0.25) is 0 Å². The van der Waals surface area contributed by atoms with Crippen LogP contribution >= 0.6 is 0 Å². The van der Waals surface area contributed by atoms with Crippen LogP contribution in [0.3, 0.4) is 0 Å². The molecule has 1 N–H and O–H groups in total. The number of pyridine rings is 1. The zero-order valence-corrected chi connectivity index (χ0v) is 19.1. The van der Waals surface area contributed by atoms with Crippen LogP contribution in [0.25, 0.3) is 16.7 Å². The predicted octanol–water partition coefficient (Wildman–Crippen LogP) is 2.08. The summed E-state index contributed by atoms with van der Waals surface area (Å²) in [5, 5.41) is 7.61. The first-order valence-corrected chi connectivity index (χ1v) is 11.3. The zero-order chi connectivity index (χ0) is 24.4. The quantitative estimate of drug-likeness (QED) is 0.205. The van der Waals surface area contributed by atoms with Gasteiger partial charge in [0, 0.05) is 44.5 Å². The minimum Gasteiger partial charge on any atom is -0.357 e. The molecule has 3 aromatic heterocycles. The van der Waals surface area contributed by atoms with E-state index >= 15 is 0 Å². The van der Waals surface area contributed by atoms with Gasteiger partial charge in [0.05, 0.1) is 35.1 Å². The number of hydrogen-bond acceptors (Lipinski definition) is 6. The number of piperazine rings is 1. The summed E-state index contributed by atoms with van der Waals surface area (Å²) in [6.45, 7) is 4.41. The fourth-order valence-corrected chi connectivity index (χ4v) is 4.26. The van der Waals surface area contributed by atoms with Crippen molar-refractivity contribution >= 4 is 28.4 Å². The van der Waals surface area contributed by atoms with Gasteiger partial charge in [0.15, 0.2) is 11.6 Å². The van der Waals surface area contributed by atoms with Gasteiger partial charge < -0.3 is 14.8 Å². The number of aromatic nitrogens is 5. The number of aliphatic imine (C=N–C) groups is 1. The summed E-state index contributed by atoms with van der Waals surface area (Å²) in [5.74, 6) is -0.988. The number of hydrogen-bond donors (Lipinski definition) is 1. The van der Waals surface area contributed by atoms with Crippen molar-refractivity contribution in [3.63, 3.8) is 0 Å². The Morgan fingerprint density at radius 3 is 2.54 bits per heavy atom. The molecule has 1 saturated heterocycles. The van der Waals surface area contributed by atoms with Crippen LogP contribution in [-0.2, 0) is 4.79 Å². The molecule has 0 aliphatic carbocycles. The molecule has 1 aliphatic rings. The molecule has 1 aliphatic heterocycles. The third kappa shape index (κ3) is 4.16. The number of carbonyl (C=O) groups excluding carboxylic acids is 2. The van der Waals surface area contributed by atoms with Gasteiger partial charge in [0.25, 0.3) is 11.7 Å². The Bertz CT molecular complexity index is 1390. The standard InChI is InChI=1S/C24H23FN8O2/c1-2-26-22(16-6-4-3-5-7-16)31-10-12-32(13-11-31)24(35)21(34)17-14-27-20-19(17)18(25)15-28-23(20)33-9-8-29-30-33/h3-9,14-15,27H,2,10-13H2,1H3. The first-order valence-electron chi connectivity index (χ1n) is 11.3. The number of nitrogens with one attached hydrogen (secondary N) is 1. The van der Waals surface area contributed by atoms with Crippen molar-refractivity contribution in [1.29, 1.82) is 0 Å². The van der Waals surface area contributed by atoms with E-state index in [4.69, 9.17) is 0 Å². The second kappa shape index (κ2) is 9.45. The number of Topliss-reactive ketones (excluding diaryl/α,β-unsaturated/α-hetero) is 1. The van der Waals surface area contributed by atoms with E-state index in [-0.39, 0.29) is 22.3 Å². The van der Waals surface area contributed by atoms with Crippen molar-refractivity contribution in [2.45, 2.75) is 6.92 Å². The third-order valence-corrected chi connectivity index (χ3v) is 5.93. The first-order chi connectivity index (χ1) is 17.1. The number of carbonyl (C=O) groups is 2. The average Bonchev–Trinajstić information content (AvgIpc) is 3.59. The van der Waals surface area contributed by atoms with Crippen molar-refractivity contribution in [2.75, 3.05) is 32.7 Å². The van der Waals surface area contributed by atoms with Crippen molar-refractivity contribution < 1.29 is 14.0 Å². The summed E-state index contributed by atoms with van der Waals surface area (Å²) >= 11 is 0. The number of aromatic amines is 1. The van der Waals surface area contributed by atoms with Gasteiger partial charge in [-0.05, 0) is 6.92 Å². The number of benzene rings is 1. The van der Waals surface area contributed by atoms with Gasteiger partial charge >= 0.3 is 0 Å². The highest BCUT2D eigenvalue weighted by molar-refractivity contribution is 6.45. The van der Waals surface area contributed by atoms with Crippen molar-refractivity contribution in [1.82, 2.24) is 34.8 Å². The summed E-state index contributed by atoms with van der Waals surface area (Å²) in [6, 6.07) is 9.88. The van der Waals surface area contributed by atoms with Gasteiger partial charge in [-0.1, -0.05) is 35.5 Å². The normalized spacial score (nSPS) is 14.5. The summed E-state index contributed by atoms with van der Waals surface area (Å²) in [6.07, 6.45) is 5.36. The monoisotopic (exact) mass is 474 g/mol. The van der Waals surface area contributed by atoms with Gasteiger partial charge in [0.1, 0.15) is 5.84 Å². The fraction of sp³-hybridized carbons (Fsp3) is 0.250. The Morgan fingerprint density at radius 1 is 1.11 bits per heavy atom. The molecule has 1 fully saturated rings. The largest absolute Gasteiger partial charge is 0.357 e. The minimum absolute atomic E-state index is 0.00364. The summed E-state index contributed by atoms with van der Waals surface area (Å²) < 4.78 is 16.1. The van der Waals surface area contributed by atoms with Crippen LogP contribution in [0.5, 0.6) is 0 Å². The zero-order valence-electron chi connectivity index (χ0n) is 19.1. The molecule has 0 spiro atoms. The number of amides is 1. The van der Waals surface area contributed by atoms with Crippen LogP contribution in [0.2, 0.25) is 0 Å². The van der Waals surface area contributed by atoms with E-state index in [0.717, 1.165) is 17.6 Å². The van der Waals surface area contributed by atoms with Crippen LogP contribution in [-0.4, -0.2) is 85.0 Å². The molecule has 0 saturated carbocycles. The third-order valence-electron chi connectivity index (χ3n) is 5.93. The Kier molecular flexibility index (Phi) is 6.04. The smallest absolute Gasteiger partial charge is 0.295 e. The lowest BCUT2D eigenvalue weighted by atomic mass is 10.1. The Hall–Kier alpha value is -4.41. The molecule has 35 heavy (non-hydrogen) atoms. The van der Waals surface area contributed by atoms with Gasteiger partial charge in [-0.2, -0.15) is 0 Å². The van der Waals surface area contributed by atoms with Crippen LogP contribution in [0.1, 0.15) is 22.8 Å². The van der Waals surface area contributed by atoms with Crippen molar-refractivity contribution in [3.8, 4) is 5.82 Å². The summed E-state index contributed by atoms with van der Waals surface area (Å²) in [7, 11) is 0. The fourth-order valence-electron chi connectivity index (χ4n) is 4.26. The number of halogens is 1. The van der Waals surface area contributed by atoms with Gasteiger partial charge in [-0.3, -0.25) is 14.6 Å². The van der Waals surface area contributed by atoms with E-state index in [1.165, 1.54) is 22.0 Å². The second-order valence-electron chi connectivity index (χ2n) is 8.00. The Labute approximate surface area is 200 Å². The van der Waals surface area contributed by atoms with Crippen LogP contribution in [0.15, 0.2) is 60.1 Å². The summed E-state index contributed by atoms with van der Waals surface area (Å²) in [4.78, 5) is 41.4. The topological polar surface area (TPSA) is 112 Å². The number of fused-ring (bicyclic) bond motifs is 1. The van der Waals surface area contributed by atoms with E-state index in [2.05, 4.69) is 30.2 Å². The maximum atomic E-state index is 14.7. The number of H-pyrrole nitrogens is 1. The van der Waals surface area contributed by atoms with Crippen molar-refractivity contribution in [2.24, 2.45) is 4.99 Å². The molecule has 1 aromatic carbocycles. The molecule has 0 unspecified atom stereocenters. The lowest BCUT2D eigenvalue weighted by Crippen LogP contribution is -2.52. The molecule has 4 aromatic rings. The van der Waals surface area contributed by atoms with Gasteiger partial charge in [-0.25, -0.2) is 14.1 Å². The molecule has 5 rings (SSSR count). The molecular weight excluding hydrogens is 451 g/mol. The maximum Gasteiger partial charge on any atom is 0.295 e. The molecule has 0 bridgehead atoms. The van der Waals surface area contributed by atoms with E-state index < -0.39 is 17.5 Å².